The number of amides is 1. The van der Waals surface area contributed by atoms with E-state index in [1.54, 1.807) is 11.8 Å². The maximum Gasteiger partial charge on any atom is 1.00 e. The van der Waals surface area contributed by atoms with Gasteiger partial charge in [0, 0.05) is 5.56 Å². The van der Waals surface area contributed by atoms with Gasteiger partial charge >= 0.3 is 24.8 Å². The van der Waals surface area contributed by atoms with Crippen molar-refractivity contribution >= 4 is 23.6 Å². The van der Waals surface area contributed by atoms with E-state index in [9.17, 15) is 14.7 Å². The van der Waals surface area contributed by atoms with E-state index in [4.69, 9.17) is 0 Å². The molecule has 0 spiro atoms. The van der Waals surface area contributed by atoms with Crippen molar-refractivity contribution < 1.29 is 35.0 Å². The number of carboxylic acids is 1. The minimum Gasteiger partial charge on any atom is -1.00 e. The number of carboxylic acid groups (broad SMARTS) is 1. The third-order valence-corrected chi connectivity index (χ3v) is 7.70. The molecule has 0 saturated heterocycles. The number of benzene rings is 4. The fourth-order valence-corrected chi connectivity index (χ4v) is 5.43. The summed E-state index contributed by atoms with van der Waals surface area (Å²) in [4.78, 5) is 25.3. The van der Waals surface area contributed by atoms with Crippen molar-refractivity contribution in [3.63, 3.8) is 0 Å². The third kappa shape index (κ3) is 8.38. The largest absolute Gasteiger partial charge is 1.00 e. The van der Waals surface area contributed by atoms with Crippen molar-refractivity contribution in [2.45, 2.75) is 38.1 Å². The minimum atomic E-state index is -1.02. The van der Waals surface area contributed by atoms with Gasteiger partial charge in [-0.1, -0.05) is 97.1 Å². The van der Waals surface area contributed by atoms with Gasteiger partial charge < -0.3 is 11.8 Å². The summed E-state index contributed by atoms with van der Waals surface area (Å²) < 4.78 is 0. The molecule has 0 radical (unpaired) electrons. The summed E-state index contributed by atoms with van der Waals surface area (Å²) in [6.45, 7) is 2.03. The Kier molecular flexibility index (Phi) is 12.1. The summed E-state index contributed by atoms with van der Waals surface area (Å²) in [5.74, 6) is -0.459. The van der Waals surface area contributed by atoms with Crippen molar-refractivity contribution in [3.8, 4) is 11.1 Å². The van der Waals surface area contributed by atoms with Gasteiger partial charge in [0.05, 0.1) is 0 Å². The van der Waals surface area contributed by atoms with E-state index in [0.717, 1.165) is 35.1 Å². The molecule has 1 amide bonds. The van der Waals surface area contributed by atoms with Gasteiger partial charge in [0.25, 0.3) is 5.91 Å². The third-order valence-electron chi connectivity index (χ3n) is 7.06. The van der Waals surface area contributed by atoms with Gasteiger partial charge in [-0.2, -0.15) is 11.8 Å². The fourth-order valence-electron chi connectivity index (χ4n) is 4.96. The molecule has 0 heterocycles. The number of aliphatic carboxylic acids is 1. The van der Waals surface area contributed by atoms with Gasteiger partial charge in [-0.15, -0.1) is 0 Å². The molecule has 1 unspecified atom stereocenters. The molecule has 0 aliphatic heterocycles. The average molecular weight is 546 g/mol. The molecular formula is C34H36LiNO3S. The molecule has 2 N–H and O–H groups in total. The smallest absolute Gasteiger partial charge is 1.00 e. The molecule has 4 nitrogen and oxygen atoms in total. The average Bonchev–Trinajstić information content (AvgIpc) is 2.96. The van der Waals surface area contributed by atoms with E-state index in [2.05, 4.69) is 59.9 Å². The molecule has 2 atom stereocenters. The predicted molar refractivity (Wildman–Crippen MR) is 163 cm³/mol. The van der Waals surface area contributed by atoms with Gasteiger partial charge in [-0.25, -0.2) is 4.79 Å². The van der Waals surface area contributed by atoms with Gasteiger partial charge in [0.2, 0.25) is 0 Å². The number of carbonyl (C=O) groups excluding carboxylic acids is 1. The first kappa shape index (κ1) is 31.3. The van der Waals surface area contributed by atoms with Crippen LogP contribution < -0.4 is 24.2 Å². The van der Waals surface area contributed by atoms with E-state index in [-0.39, 0.29) is 32.1 Å². The molecule has 0 aromatic heterocycles. The molecule has 202 valence electrons. The molecule has 40 heavy (non-hydrogen) atoms. The molecule has 0 aliphatic carbocycles. The zero-order valence-electron chi connectivity index (χ0n) is 24.5. The first-order chi connectivity index (χ1) is 19.0. The summed E-state index contributed by atoms with van der Waals surface area (Å²) in [6, 6.07) is 34.1. The van der Waals surface area contributed by atoms with Gasteiger partial charge in [0.15, 0.2) is 0 Å². The molecule has 4 aromatic carbocycles. The summed E-state index contributed by atoms with van der Waals surface area (Å²) >= 11 is 1.56. The molecule has 0 aliphatic rings. The van der Waals surface area contributed by atoms with Gasteiger partial charge in [-0.3, -0.25) is 4.79 Å². The van der Waals surface area contributed by atoms with Crippen LogP contribution in [0.1, 0.15) is 46.4 Å². The number of hydrogen-bond acceptors (Lipinski definition) is 3. The second kappa shape index (κ2) is 15.5. The topological polar surface area (TPSA) is 66.4 Å². The van der Waals surface area contributed by atoms with Crippen molar-refractivity contribution in [1.29, 1.82) is 0 Å². The van der Waals surface area contributed by atoms with Crippen LogP contribution in [0.15, 0.2) is 103 Å². The Balaban J connectivity index is 0.00000294. The maximum absolute atomic E-state index is 13.4. The Labute approximate surface area is 255 Å². The predicted octanol–water partition coefficient (Wildman–Crippen LogP) is 4.28. The SMILES string of the molecule is CSCC[C@H](NC(=O)c1ccc(CC(Cc2ccccc2)c2ccccc2)cc1-c1ccccc1C)C(=O)O.[H-].[Li+]. The quantitative estimate of drug-likeness (QED) is 0.261. The van der Waals surface area contributed by atoms with Crippen LogP contribution in [0.3, 0.4) is 0 Å². The molecular weight excluding hydrogens is 509 g/mol. The van der Waals surface area contributed by atoms with Gasteiger partial charge in [0.1, 0.15) is 6.04 Å². The Hall–Kier alpha value is -3.23. The number of hydrogen-bond donors (Lipinski definition) is 2. The van der Waals surface area contributed by atoms with Crippen LogP contribution in [0.5, 0.6) is 0 Å². The van der Waals surface area contributed by atoms with E-state index in [1.165, 1.54) is 11.1 Å². The molecule has 0 fully saturated rings. The van der Waals surface area contributed by atoms with Crippen LogP contribution >= 0.6 is 11.8 Å². The number of carbonyl (C=O) groups is 2. The van der Waals surface area contributed by atoms with Crippen LogP contribution in [0.4, 0.5) is 0 Å². The Bertz CT molecular complexity index is 1400. The first-order valence-electron chi connectivity index (χ1n) is 13.3. The summed E-state index contributed by atoms with van der Waals surface area (Å²) in [6.07, 6.45) is 4.02. The molecule has 0 bridgehead atoms. The van der Waals surface area contributed by atoms with Crippen LogP contribution in [-0.4, -0.2) is 35.0 Å². The summed E-state index contributed by atoms with van der Waals surface area (Å²) in [5, 5.41) is 12.4. The minimum absolute atomic E-state index is 0. The Morgan fingerprint density at radius 1 is 0.825 bits per heavy atom. The van der Waals surface area contributed by atoms with Crippen molar-refractivity contribution in [2.75, 3.05) is 12.0 Å². The van der Waals surface area contributed by atoms with E-state index in [1.807, 2.05) is 61.7 Å². The van der Waals surface area contributed by atoms with Crippen molar-refractivity contribution in [3.05, 3.63) is 131 Å². The van der Waals surface area contributed by atoms with Crippen LogP contribution in [0, 0.1) is 6.92 Å². The molecule has 0 saturated carbocycles. The normalized spacial score (nSPS) is 12.2. The molecule has 6 heteroatoms. The standard InChI is InChI=1S/C34H35NO3S.Li.H/c1-24-11-9-10-16-29(24)31-23-26(17-18-30(31)33(36)35-32(34(37)38)19-20-39-2)22-28(27-14-7-4-8-15-27)21-25-12-5-3-6-13-25;;/h3-18,23,28,32H,19-22H2,1-2H3,(H,35,36)(H,37,38);;/q;+1;-1/t28?,32-;;/m0../s1. The maximum atomic E-state index is 13.4. The Morgan fingerprint density at radius 3 is 2.10 bits per heavy atom. The zero-order valence-corrected chi connectivity index (χ0v) is 24.3. The van der Waals surface area contributed by atoms with E-state index in [0.29, 0.717) is 17.7 Å². The van der Waals surface area contributed by atoms with Crippen molar-refractivity contribution in [1.82, 2.24) is 5.32 Å². The van der Waals surface area contributed by atoms with Crippen LogP contribution in [0.2, 0.25) is 0 Å². The van der Waals surface area contributed by atoms with Crippen LogP contribution in [0.25, 0.3) is 11.1 Å². The Morgan fingerprint density at radius 2 is 1.45 bits per heavy atom. The zero-order chi connectivity index (χ0) is 27.6. The number of aryl methyl sites for hydroxylation is 1. The van der Waals surface area contributed by atoms with Gasteiger partial charge in [-0.05, 0) is 83.6 Å². The summed E-state index contributed by atoms with van der Waals surface area (Å²) in [7, 11) is 0. The summed E-state index contributed by atoms with van der Waals surface area (Å²) in [5.41, 5.74) is 7.04. The van der Waals surface area contributed by atoms with E-state index < -0.39 is 12.0 Å². The van der Waals surface area contributed by atoms with E-state index >= 15 is 0 Å². The first-order valence-corrected chi connectivity index (χ1v) is 14.7. The number of rotatable bonds is 12. The second-order valence-electron chi connectivity index (χ2n) is 9.84. The van der Waals surface area contributed by atoms with Crippen molar-refractivity contribution in [2.24, 2.45) is 0 Å². The van der Waals surface area contributed by atoms with Crippen LogP contribution in [-0.2, 0) is 17.6 Å². The monoisotopic (exact) mass is 545 g/mol. The second-order valence-corrected chi connectivity index (χ2v) is 10.8. The number of thioether (sulfide) groups is 1. The molecule has 4 rings (SSSR count). The molecule has 4 aromatic rings. The fraction of sp³-hybridized carbons (Fsp3) is 0.235. The number of nitrogens with one attached hydrogen (secondary N) is 1.